The van der Waals surface area contributed by atoms with Gasteiger partial charge in [-0.1, -0.05) is 19.1 Å². The van der Waals surface area contributed by atoms with E-state index in [1.165, 1.54) is 12.1 Å². The van der Waals surface area contributed by atoms with E-state index < -0.39 is 23.6 Å². The zero-order chi connectivity index (χ0) is 13.0. The van der Waals surface area contributed by atoms with Crippen LogP contribution in [0.4, 0.5) is 8.78 Å². The topological polar surface area (TPSA) is 40.5 Å². The lowest BCUT2D eigenvalue weighted by atomic mass is 10.1. The molecule has 0 aromatic heterocycles. The van der Waals surface area contributed by atoms with E-state index in [1.807, 2.05) is 0 Å². The Balaban J connectivity index is 2.97. The molecular weight excluding hydrogens is 228 g/mol. The molecule has 0 aliphatic rings. The van der Waals surface area contributed by atoms with Crippen molar-refractivity contribution in [1.82, 2.24) is 4.90 Å². The number of nitrogens with zero attached hydrogens (tertiary/aromatic N) is 1. The fraction of sp³-hybridized carbons (Fsp3) is 0.417. The molecule has 3 nitrogen and oxygen atoms in total. The van der Waals surface area contributed by atoms with Crippen molar-refractivity contribution in [2.24, 2.45) is 0 Å². The second kappa shape index (κ2) is 5.72. The molecule has 1 aromatic rings. The van der Waals surface area contributed by atoms with Gasteiger partial charge in [0.2, 0.25) is 0 Å². The summed E-state index contributed by atoms with van der Waals surface area (Å²) < 4.78 is 26.6. The van der Waals surface area contributed by atoms with E-state index in [-0.39, 0.29) is 12.1 Å². The molecule has 0 saturated heterocycles. The number of likely N-dealkylation sites (N-methyl/N-ethyl adjacent to an activating group) is 1. The predicted octanol–water partition coefficient (Wildman–Crippen LogP) is 2.43. The fourth-order valence-corrected chi connectivity index (χ4v) is 1.74. The Morgan fingerprint density at radius 2 is 2.12 bits per heavy atom. The van der Waals surface area contributed by atoms with Crippen molar-refractivity contribution in [2.45, 2.75) is 19.9 Å². The summed E-state index contributed by atoms with van der Waals surface area (Å²) in [7, 11) is 0. The van der Waals surface area contributed by atoms with E-state index in [0.29, 0.717) is 6.54 Å². The first-order valence-electron chi connectivity index (χ1n) is 5.37. The smallest absolute Gasteiger partial charge is 0.317 e. The quantitative estimate of drug-likeness (QED) is 0.863. The summed E-state index contributed by atoms with van der Waals surface area (Å²) in [4.78, 5) is 12.2. The highest BCUT2D eigenvalue weighted by molar-refractivity contribution is 5.69. The van der Waals surface area contributed by atoms with Gasteiger partial charge in [-0.2, -0.15) is 0 Å². The first-order valence-corrected chi connectivity index (χ1v) is 5.37. The second-order valence-corrected chi connectivity index (χ2v) is 3.78. The van der Waals surface area contributed by atoms with Gasteiger partial charge in [0.25, 0.3) is 0 Å². The molecule has 0 heterocycles. The lowest BCUT2D eigenvalue weighted by molar-refractivity contribution is -0.138. The van der Waals surface area contributed by atoms with Crippen LogP contribution in [0.3, 0.4) is 0 Å². The molecule has 1 N–H and O–H groups in total. The van der Waals surface area contributed by atoms with Gasteiger partial charge < -0.3 is 5.11 Å². The van der Waals surface area contributed by atoms with Crippen molar-refractivity contribution in [3.05, 3.63) is 35.4 Å². The Hall–Kier alpha value is -1.49. The minimum atomic E-state index is -0.990. The summed E-state index contributed by atoms with van der Waals surface area (Å²) in [6.45, 7) is 3.68. The molecule has 0 bridgehead atoms. The maximum absolute atomic E-state index is 13.5. The van der Waals surface area contributed by atoms with Gasteiger partial charge in [0, 0.05) is 11.6 Å². The number of hydrogen-bond acceptors (Lipinski definition) is 2. The van der Waals surface area contributed by atoms with E-state index in [0.717, 1.165) is 6.07 Å². The minimum absolute atomic E-state index is 0.174. The van der Waals surface area contributed by atoms with Gasteiger partial charge in [0.1, 0.15) is 0 Å². The first-order chi connectivity index (χ1) is 7.97. The minimum Gasteiger partial charge on any atom is -0.480 e. The van der Waals surface area contributed by atoms with Gasteiger partial charge in [-0.15, -0.1) is 0 Å². The summed E-state index contributed by atoms with van der Waals surface area (Å²) in [6.07, 6.45) is 0. The lowest BCUT2D eigenvalue weighted by Gasteiger charge is -2.26. The van der Waals surface area contributed by atoms with Gasteiger partial charge in [0.15, 0.2) is 11.6 Å². The van der Waals surface area contributed by atoms with Gasteiger partial charge in [-0.05, 0) is 19.5 Å². The van der Waals surface area contributed by atoms with Crippen molar-refractivity contribution in [3.8, 4) is 0 Å². The van der Waals surface area contributed by atoms with Crippen LogP contribution < -0.4 is 0 Å². The number of carboxylic acid groups (broad SMARTS) is 1. The van der Waals surface area contributed by atoms with Crippen molar-refractivity contribution in [3.63, 3.8) is 0 Å². The molecule has 5 heteroatoms. The molecule has 0 aliphatic carbocycles. The third kappa shape index (κ3) is 3.23. The summed E-state index contributed by atoms with van der Waals surface area (Å²) in [5, 5.41) is 8.73. The summed E-state index contributed by atoms with van der Waals surface area (Å²) in [6, 6.07) is 3.44. The van der Waals surface area contributed by atoms with E-state index in [4.69, 9.17) is 5.11 Å². The van der Waals surface area contributed by atoms with Gasteiger partial charge >= 0.3 is 5.97 Å². The van der Waals surface area contributed by atoms with Crippen LogP contribution in [0.25, 0.3) is 0 Å². The van der Waals surface area contributed by atoms with Crippen molar-refractivity contribution in [1.29, 1.82) is 0 Å². The van der Waals surface area contributed by atoms with E-state index in [1.54, 1.807) is 18.7 Å². The van der Waals surface area contributed by atoms with Gasteiger partial charge in [-0.3, -0.25) is 9.69 Å². The molecule has 94 valence electrons. The Morgan fingerprint density at radius 3 is 2.65 bits per heavy atom. The fourth-order valence-electron chi connectivity index (χ4n) is 1.74. The average Bonchev–Trinajstić information content (AvgIpc) is 2.28. The van der Waals surface area contributed by atoms with Crippen LogP contribution in [0.2, 0.25) is 0 Å². The Labute approximate surface area is 98.7 Å². The van der Waals surface area contributed by atoms with Crippen LogP contribution in [-0.4, -0.2) is 29.1 Å². The van der Waals surface area contributed by atoms with E-state index in [2.05, 4.69) is 0 Å². The van der Waals surface area contributed by atoms with Crippen molar-refractivity contribution < 1.29 is 18.7 Å². The highest BCUT2D eigenvalue weighted by atomic mass is 19.2. The monoisotopic (exact) mass is 243 g/mol. The van der Waals surface area contributed by atoms with Gasteiger partial charge in [0.05, 0.1) is 6.54 Å². The number of hydrogen-bond donors (Lipinski definition) is 1. The van der Waals surface area contributed by atoms with E-state index >= 15 is 0 Å². The van der Waals surface area contributed by atoms with Crippen LogP contribution in [0.15, 0.2) is 18.2 Å². The van der Waals surface area contributed by atoms with Gasteiger partial charge in [-0.25, -0.2) is 8.78 Å². The Bertz CT molecular complexity index is 409. The van der Waals surface area contributed by atoms with Crippen LogP contribution in [0, 0.1) is 11.6 Å². The normalized spacial score (nSPS) is 12.8. The van der Waals surface area contributed by atoms with Crippen molar-refractivity contribution >= 4 is 5.97 Å². The largest absolute Gasteiger partial charge is 0.480 e. The lowest BCUT2D eigenvalue weighted by Crippen LogP contribution is -2.32. The maximum atomic E-state index is 13.5. The number of aliphatic carboxylic acids is 1. The average molecular weight is 243 g/mol. The van der Waals surface area contributed by atoms with Crippen LogP contribution in [0.1, 0.15) is 25.5 Å². The molecule has 0 fully saturated rings. The van der Waals surface area contributed by atoms with E-state index in [9.17, 15) is 13.6 Å². The summed E-state index contributed by atoms with van der Waals surface area (Å²) in [5.74, 6) is -2.82. The zero-order valence-electron chi connectivity index (χ0n) is 9.78. The molecule has 0 radical (unpaired) electrons. The number of halogens is 2. The zero-order valence-corrected chi connectivity index (χ0v) is 9.78. The molecule has 17 heavy (non-hydrogen) atoms. The SMILES string of the molecule is CCN(CC(=O)O)C(C)c1cccc(F)c1F. The predicted molar refractivity (Wildman–Crippen MR) is 59.7 cm³/mol. The molecule has 0 aliphatic heterocycles. The van der Waals surface area contributed by atoms with Crippen LogP contribution >= 0.6 is 0 Å². The Kier molecular flexibility index (Phi) is 4.57. The second-order valence-electron chi connectivity index (χ2n) is 3.78. The highest BCUT2D eigenvalue weighted by Crippen LogP contribution is 2.23. The number of carbonyl (C=O) groups is 1. The molecule has 1 unspecified atom stereocenters. The molecule has 0 spiro atoms. The third-order valence-electron chi connectivity index (χ3n) is 2.72. The molecular formula is C12H15F2NO2. The maximum Gasteiger partial charge on any atom is 0.317 e. The molecule has 1 atom stereocenters. The summed E-state index contributed by atoms with van der Waals surface area (Å²) in [5.41, 5.74) is 0.174. The third-order valence-corrected chi connectivity index (χ3v) is 2.72. The first kappa shape index (κ1) is 13.6. The number of rotatable bonds is 5. The standard InChI is InChI=1S/C12H15F2NO2/c1-3-15(7-11(16)17)8(2)9-5-4-6-10(13)12(9)14/h4-6,8H,3,7H2,1-2H3,(H,16,17). The molecule has 0 saturated carbocycles. The van der Waals surface area contributed by atoms with Crippen LogP contribution in [-0.2, 0) is 4.79 Å². The molecule has 1 aromatic carbocycles. The molecule has 1 rings (SSSR count). The number of carboxylic acids is 1. The summed E-state index contributed by atoms with van der Waals surface area (Å²) >= 11 is 0. The Morgan fingerprint density at radius 1 is 1.47 bits per heavy atom. The van der Waals surface area contributed by atoms with Crippen LogP contribution in [0.5, 0.6) is 0 Å². The van der Waals surface area contributed by atoms with Crippen molar-refractivity contribution in [2.75, 3.05) is 13.1 Å². The molecule has 0 amide bonds. The number of benzene rings is 1. The highest BCUT2D eigenvalue weighted by Gasteiger charge is 2.21.